The van der Waals surface area contributed by atoms with Crippen LogP contribution >= 0.6 is 0 Å². The fourth-order valence-corrected chi connectivity index (χ4v) is 2.64. The first kappa shape index (κ1) is 19.7. The van der Waals surface area contributed by atoms with Crippen molar-refractivity contribution in [1.82, 2.24) is 10.2 Å². The molecular weight excluding hydrogens is 326 g/mol. The van der Waals surface area contributed by atoms with Crippen LogP contribution in [0.2, 0.25) is 0 Å². The minimum Gasteiger partial charge on any atom is -0.355 e. The molecule has 0 aliphatic rings. The molecule has 0 aliphatic carbocycles. The zero-order valence-electron chi connectivity index (χ0n) is 16.1. The topological polar surface area (TPSA) is 61.4 Å². The lowest BCUT2D eigenvalue weighted by molar-refractivity contribution is -0.120. The summed E-state index contributed by atoms with van der Waals surface area (Å²) in [6.07, 6.45) is 0. The van der Waals surface area contributed by atoms with E-state index in [4.69, 9.17) is 0 Å². The first-order chi connectivity index (χ1) is 12.3. The Bertz CT molecular complexity index is 784. The van der Waals surface area contributed by atoms with Gasteiger partial charge in [-0.15, -0.1) is 0 Å². The highest BCUT2D eigenvalue weighted by Crippen LogP contribution is 2.17. The monoisotopic (exact) mass is 353 g/mol. The number of amides is 2. The van der Waals surface area contributed by atoms with Crippen molar-refractivity contribution in [3.8, 4) is 0 Å². The molecule has 2 aromatic rings. The Labute approximate surface area is 155 Å². The summed E-state index contributed by atoms with van der Waals surface area (Å²) in [7, 11) is 3.53. The summed E-state index contributed by atoms with van der Waals surface area (Å²) in [5.41, 5.74) is 4.68. The second-order valence-corrected chi connectivity index (χ2v) is 6.67. The van der Waals surface area contributed by atoms with Crippen LogP contribution in [0.1, 0.15) is 34.0 Å². The molecule has 5 nitrogen and oxygen atoms in total. The van der Waals surface area contributed by atoms with Crippen molar-refractivity contribution >= 4 is 17.5 Å². The SMILES string of the molecule is CNC(=O)c1ccc(CN(C)C(C)C(=O)Nc2cc(C)ccc2C)cc1. The number of nitrogens with zero attached hydrogens (tertiary/aromatic N) is 1. The van der Waals surface area contributed by atoms with Gasteiger partial charge in [-0.25, -0.2) is 0 Å². The number of aryl methyl sites for hydroxylation is 2. The van der Waals surface area contributed by atoms with Gasteiger partial charge in [0.05, 0.1) is 6.04 Å². The molecule has 138 valence electrons. The fourth-order valence-electron chi connectivity index (χ4n) is 2.64. The minimum absolute atomic E-state index is 0.0387. The van der Waals surface area contributed by atoms with E-state index in [1.807, 2.05) is 63.1 Å². The molecule has 2 rings (SSSR count). The van der Waals surface area contributed by atoms with Crippen LogP contribution in [0.25, 0.3) is 0 Å². The first-order valence-corrected chi connectivity index (χ1v) is 8.71. The molecule has 1 atom stereocenters. The number of hydrogen-bond acceptors (Lipinski definition) is 3. The molecular formula is C21H27N3O2. The smallest absolute Gasteiger partial charge is 0.251 e. The third-order valence-electron chi connectivity index (χ3n) is 4.57. The maximum absolute atomic E-state index is 12.6. The lowest BCUT2D eigenvalue weighted by Crippen LogP contribution is -2.39. The van der Waals surface area contributed by atoms with Crippen molar-refractivity contribution in [3.63, 3.8) is 0 Å². The van der Waals surface area contributed by atoms with Gasteiger partial charge in [-0.05, 0) is 62.7 Å². The first-order valence-electron chi connectivity index (χ1n) is 8.71. The normalized spacial score (nSPS) is 11.9. The number of likely N-dealkylation sites (N-methyl/N-ethyl adjacent to an activating group) is 1. The number of hydrogen-bond donors (Lipinski definition) is 2. The highest BCUT2D eigenvalue weighted by atomic mass is 16.2. The average Bonchev–Trinajstić information content (AvgIpc) is 2.63. The van der Waals surface area contributed by atoms with Crippen LogP contribution in [0.4, 0.5) is 5.69 Å². The second-order valence-electron chi connectivity index (χ2n) is 6.67. The molecule has 2 amide bonds. The molecule has 0 spiro atoms. The third-order valence-corrected chi connectivity index (χ3v) is 4.57. The van der Waals surface area contributed by atoms with E-state index in [1.54, 1.807) is 19.2 Å². The van der Waals surface area contributed by atoms with E-state index in [1.165, 1.54) is 0 Å². The van der Waals surface area contributed by atoms with Crippen LogP contribution in [0.5, 0.6) is 0 Å². The summed E-state index contributed by atoms with van der Waals surface area (Å²) in [6, 6.07) is 13.2. The Morgan fingerprint density at radius 3 is 2.35 bits per heavy atom. The molecule has 2 N–H and O–H groups in total. The zero-order chi connectivity index (χ0) is 19.3. The summed E-state index contributed by atoms with van der Waals surface area (Å²) in [5, 5.41) is 5.62. The zero-order valence-corrected chi connectivity index (χ0v) is 16.1. The van der Waals surface area contributed by atoms with Gasteiger partial charge in [0, 0.05) is 24.8 Å². The molecule has 0 bridgehead atoms. The van der Waals surface area contributed by atoms with Gasteiger partial charge >= 0.3 is 0 Å². The quantitative estimate of drug-likeness (QED) is 0.839. The lowest BCUT2D eigenvalue weighted by Gasteiger charge is -2.24. The van der Waals surface area contributed by atoms with Crippen molar-refractivity contribution in [1.29, 1.82) is 0 Å². The van der Waals surface area contributed by atoms with E-state index in [0.717, 1.165) is 22.4 Å². The molecule has 2 aromatic carbocycles. The third kappa shape index (κ3) is 4.92. The van der Waals surface area contributed by atoms with Gasteiger partial charge < -0.3 is 10.6 Å². The Morgan fingerprint density at radius 2 is 1.73 bits per heavy atom. The summed E-state index contributed by atoms with van der Waals surface area (Å²) >= 11 is 0. The van der Waals surface area contributed by atoms with Gasteiger partial charge in [-0.2, -0.15) is 0 Å². The highest BCUT2D eigenvalue weighted by molar-refractivity contribution is 5.95. The van der Waals surface area contributed by atoms with E-state index in [-0.39, 0.29) is 17.9 Å². The summed E-state index contributed by atoms with van der Waals surface area (Å²) in [4.78, 5) is 26.2. The predicted octanol–water partition coefficient (Wildman–Crippen LogP) is 3.12. The van der Waals surface area contributed by atoms with E-state index in [0.29, 0.717) is 12.1 Å². The van der Waals surface area contributed by atoms with E-state index in [9.17, 15) is 9.59 Å². The van der Waals surface area contributed by atoms with Gasteiger partial charge in [-0.1, -0.05) is 24.3 Å². The van der Waals surface area contributed by atoms with Crippen LogP contribution in [-0.2, 0) is 11.3 Å². The Kier molecular flexibility index (Phi) is 6.52. The van der Waals surface area contributed by atoms with Gasteiger partial charge in [0.25, 0.3) is 5.91 Å². The number of anilines is 1. The summed E-state index contributed by atoms with van der Waals surface area (Å²) in [5.74, 6) is -0.144. The molecule has 0 fully saturated rings. The molecule has 0 radical (unpaired) electrons. The Hall–Kier alpha value is -2.66. The average molecular weight is 353 g/mol. The maximum atomic E-state index is 12.6. The number of carbonyl (C=O) groups is 2. The van der Waals surface area contributed by atoms with E-state index in [2.05, 4.69) is 10.6 Å². The van der Waals surface area contributed by atoms with Crippen LogP contribution in [0, 0.1) is 13.8 Å². The Balaban J connectivity index is 1.99. The van der Waals surface area contributed by atoms with E-state index < -0.39 is 0 Å². The number of rotatable bonds is 6. The van der Waals surface area contributed by atoms with Crippen LogP contribution in [0.15, 0.2) is 42.5 Å². The standard InChI is InChI=1S/C21H27N3O2/c1-14-6-7-15(2)19(12-14)23-20(25)16(3)24(5)13-17-8-10-18(11-9-17)21(26)22-4/h6-12,16H,13H2,1-5H3,(H,22,26)(H,23,25). The number of carbonyl (C=O) groups excluding carboxylic acids is 2. The molecule has 0 aliphatic heterocycles. The summed E-state index contributed by atoms with van der Waals surface area (Å²) in [6.45, 7) is 6.50. The largest absolute Gasteiger partial charge is 0.355 e. The van der Waals surface area contributed by atoms with Crippen LogP contribution < -0.4 is 10.6 Å². The van der Waals surface area contributed by atoms with Crippen LogP contribution in [-0.4, -0.2) is 36.9 Å². The second kappa shape index (κ2) is 8.63. The van der Waals surface area contributed by atoms with Crippen molar-refractivity contribution < 1.29 is 9.59 Å². The molecule has 0 saturated heterocycles. The lowest BCUT2D eigenvalue weighted by atomic mass is 10.1. The van der Waals surface area contributed by atoms with Crippen molar-refractivity contribution in [3.05, 3.63) is 64.7 Å². The number of nitrogens with one attached hydrogen (secondary N) is 2. The fraction of sp³-hybridized carbons (Fsp3) is 0.333. The van der Waals surface area contributed by atoms with E-state index >= 15 is 0 Å². The molecule has 0 aromatic heterocycles. The van der Waals surface area contributed by atoms with Crippen molar-refractivity contribution in [2.45, 2.75) is 33.4 Å². The van der Waals surface area contributed by atoms with Crippen LogP contribution in [0.3, 0.4) is 0 Å². The Morgan fingerprint density at radius 1 is 1.08 bits per heavy atom. The maximum Gasteiger partial charge on any atom is 0.251 e. The molecule has 5 heteroatoms. The minimum atomic E-state index is -0.284. The molecule has 0 heterocycles. The molecule has 0 saturated carbocycles. The summed E-state index contributed by atoms with van der Waals surface area (Å²) < 4.78 is 0. The predicted molar refractivity (Wildman–Crippen MR) is 105 cm³/mol. The molecule has 1 unspecified atom stereocenters. The van der Waals surface area contributed by atoms with Gasteiger partial charge in [0.2, 0.25) is 5.91 Å². The van der Waals surface area contributed by atoms with Gasteiger partial charge in [0.1, 0.15) is 0 Å². The van der Waals surface area contributed by atoms with Crippen molar-refractivity contribution in [2.24, 2.45) is 0 Å². The number of benzene rings is 2. The molecule has 26 heavy (non-hydrogen) atoms. The van der Waals surface area contributed by atoms with Gasteiger partial charge in [-0.3, -0.25) is 14.5 Å². The van der Waals surface area contributed by atoms with Crippen molar-refractivity contribution in [2.75, 3.05) is 19.4 Å². The highest BCUT2D eigenvalue weighted by Gasteiger charge is 2.19. The van der Waals surface area contributed by atoms with Gasteiger partial charge in [0.15, 0.2) is 0 Å².